The molecule has 1 atom stereocenters. The standard InChI is InChI=1S/C14H14N4O/c1-9-13(10-5-3-4-6-11(10)16-9)12-7-18(8-15)14(19)17(12)2/h3-6,12,16H,7H2,1-2H3. The Labute approximate surface area is 111 Å². The lowest BCUT2D eigenvalue weighted by atomic mass is 10.0. The normalized spacial score (nSPS) is 19.2. The van der Waals surface area contributed by atoms with Crippen LogP contribution in [0.1, 0.15) is 17.3 Å². The molecule has 19 heavy (non-hydrogen) atoms. The number of fused-ring (bicyclic) bond motifs is 1. The summed E-state index contributed by atoms with van der Waals surface area (Å²) in [5, 5.41) is 10.1. The van der Waals surface area contributed by atoms with Crippen molar-refractivity contribution in [1.29, 1.82) is 5.26 Å². The van der Waals surface area contributed by atoms with Crippen molar-refractivity contribution in [2.24, 2.45) is 0 Å². The fourth-order valence-electron chi connectivity index (χ4n) is 2.79. The van der Waals surface area contributed by atoms with E-state index in [0.717, 1.165) is 22.2 Å². The average molecular weight is 254 g/mol. The largest absolute Gasteiger partial charge is 0.358 e. The first kappa shape index (κ1) is 11.6. The summed E-state index contributed by atoms with van der Waals surface area (Å²) in [5.41, 5.74) is 3.21. The quantitative estimate of drug-likeness (QED) is 0.794. The van der Waals surface area contributed by atoms with E-state index in [1.807, 2.05) is 37.4 Å². The fourth-order valence-corrected chi connectivity index (χ4v) is 2.79. The van der Waals surface area contributed by atoms with E-state index in [1.54, 1.807) is 11.9 Å². The van der Waals surface area contributed by atoms with Gasteiger partial charge < -0.3 is 9.88 Å². The minimum Gasteiger partial charge on any atom is -0.358 e. The van der Waals surface area contributed by atoms with Gasteiger partial charge in [-0.25, -0.2) is 9.69 Å². The molecule has 1 aromatic carbocycles. The van der Waals surface area contributed by atoms with Crippen molar-refractivity contribution >= 4 is 16.9 Å². The van der Waals surface area contributed by atoms with Crippen LogP contribution in [0.3, 0.4) is 0 Å². The molecule has 5 nitrogen and oxygen atoms in total. The van der Waals surface area contributed by atoms with Crippen molar-refractivity contribution < 1.29 is 4.79 Å². The molecule has 1 aliphatic heterocycles. The molecule has 1 unspecified atom stereocenters. The van der Waals surface area contributed by atoms with Crippen LogP contribution < -0.4 is 0 Å². The number of aromatic nitrogens is 1. The summed E-state index contributed by atoms with van der Waals surface area (Å²) in [5.74, 6) is 0. The third-order valence-electron chi connectivity index (χ3n) is 3.75. The van der Waals surface area contributed by atoms with Gasteiger partial charge in [0.25, 0.3) is 0 Å². The molecule has 0 radical (unpaired) electrons. The lowest BCUT2D eigenvalue weighted by Gasteiger charge is -2.18. The second-order valence-electron chi connectivity index (χ2n) is 4.83. The first-order valence-corrected chi connectivity index (χ1v) is 6.14. The lowest BCUT2D eigenvalue weighted by Crippen LogP contribution is -2.26. The molecule has 1 N–H and O–H groups in total. The van der Waals surface area contributed by atoms with Gasteiger partial charge in [0.2, 0.25) is 0 Å². The molecule has 0 aliphatic carbocycles. The Morgan fingerprint density at radius 1 is 1.42 bits per heavy atom. The molecule has 2 heterocycles. The number of H-pyrrole nitrogens is 1. The van der Waals surface area contributed by atoms with Crippen LogP contribution in [0.15, 0.2) is 24.3 Å². The summed E-state index contributed by atoms with van der Waals surface area (Å²) >= 11 is 0. The van der Waals surface area contributed by atoms with E-state index in [2.05, 4.69) is 4.98 Å². The Morgan fingerprint density at radius 2 is 2.16 bits per heavy atom. The summed E-state index contributed by atoms with van der Waals surface area (Å²) in [6, 6.07) is 7.71. The van der Waals surface area contributed by atoms with Gasteiger partial charge in [-0.2, -0.15) is 5.26 Å². The zero-order valence-corrected chi connectivity index (χ0v) is 10.8. The summed E-state index contributed by atoms with van der Waals surface area (Å²) in [6.45, 7) is 2.41. The third-order valence-corrected chi connectivity index (χ3v) is 3.75. The molecular weight excluding hydrogens is 240 g/mol. The smallest absolute Gasteiger partial charge is 0.333 e. The Bertz CT molecular complexity index is 697. The minimum atomic E-state index is -0.239. The summed E-state index contributed by atoms with van der Waals surface area (Å²) in [6.07, 6.45) is 1.94. The molecular formula is C14H14N4O. The number of amides is 2. The first-order valence-electron chi connectivity index (χ1n) is 6.14. The maximum absolute atomic E-state index is 11.9. The van der Waals surface area contributed by atoms with Gasteiger partial charge in [-0.1, -0.05) is 18.2 Å². The van der Waals surface area contributed by atoms with Crippen LogP contribution in [0.4, 0.5) is 4.79 Å². The molecule has 1 aliphatic rings. The number of nitrogens with zero attached hydrogens (tertiary/aromatic N) is 3. The zero-order chi connectivity index (χ0) is 13.6. The average Bonchev–Trinajstić information content (AvgIpc) is 2.88. The Balaban J connectivity index is 2.13. The van der Waals surface area contributed by atoms with Crippen molar-refractivity contribution in [3.63, 3.8) is 0 Å². The number of nitrogens with one attached hydrogen (secondary N) is 1. The number of aromatic amines is 1. The van der Waals surface area contributed by atoms with Gasteiger partial charge in [0.05, 0.1) is 12.6 Å². The van der Waals surface area contributed by atoms with Gasteiger partial charge >= 0.3 is 6.03 Å². The van der Waals surface area contributed by atoms with Crippen LogP contribution in [0, 0.1) is 18.4 Å². The predicted molar refractivity (Wildman–Crippen MR) is 71.3 cm³/mol. The van der Waals surface area contributed by atoms with E-state index >= 15 is 0 Å². The maximum atomic E-state index is 11.9. The number of para-hydroxylation sites is 1. The summed E-state index contributed by atoms with van der Waals surface area (Å²) in [7, 11) is 1.74. The molecule has 0 spiro atoms. The number of nitriles is 1. The molecule has 1 fully saturated rings. The molecule has 0 saturated carbocycles. The fraction of sp³-hybridized carbons (Fsp3) is 0.286. The zero-order valence-electron chi connectivity index (χ0n) is 10.8. The van der Waals surface area contributed by atoms with Gasteiger partial charge in [0.1, 0.15) is 0 Å². The van der Waals surface area contributed by atoms with Crippen molar-refractivity contribution in [1.82, 2.24) is 14.8 Å². The van der Waals surface area contributed by atoms with Crippen LogP contribution >= 0.6 is 0 Å². The van der Waals surface area contributed by atoms with Crippen LogP contribution in [-0.2, 0) is 0 Å². The molecule has 1 aromatic heterocycles. The topological polar surface area (TPSA) is 63.1 Å². The maximum Gasteiger partial charge on any atom is 0.333 e. The summed E-state index contributed by atoms with van der Waals surface area (Å²) in [4.78, 5) is 18.1. The Morgan fingerprint density at radius 3 is 2.84 bits per heavy atom. The number of urea groups is 1. The van der Waals surface area contributed by atoms with Crippen LogP contribution in [0.2, 0.25) is 0 Å². The SMILES string of the molecule is Cc1[nH]c2ccccc2c1C1CN(C#N)C(=O)N1C. The van der Waals surface area contributed by atoms with Crippen molar-refractivity contribution in [2.45, 2.75) is 13.0 Å². The number of carbonyl (C=O) groups is 1. The van der Waals surface area contributed by atoms with E-state index in [-0.39, 0.29) is 12.1 Å². The van der Waals surface area contributed by atoms with E-state index in [9.17, 15) is 4.79 Å². The van der Waals surface area contributed by atoms with Gasteiger partial charge in [-0.15, -0.1) is 0 Å². The van der Waals surface area contributed by atoms with E-state index in [1.165, 1.54) is 4.90 Å². The number of benzene rings is 1. The molecule has 2 aromatic rings. The van der Waals surface area contributed by atoms with Crippen LogP contribution in [-0.4, -0.2) is 34.4 Å². The molecule has 1 saturated heterocycles. The predicted octanol–water partition coefficient (Wildman–Crippen LogP) is 2.37. The highest BCUT2D eigenvalue weighted by atomic mass is 16.2. The summed E-state index contributed by atoms with van der Waals surface area (Å²) < 4.78 is 0. The van der Waals surface area contributed by atoms with Gasteiger partial charge in [0.15, 0.2) is 6.19 Å². The lowest BCUT2D eigenvalue weighted by molar-refractivity contribution is 0.205. The first-order chi connectivity index (χ1) is 9.13. The van der Waals surface area contributed by atoms with E-state index in [0.29, 0.717) is 6.54 Å². The number of carbonyl (C=O) groups excluding carboxylic acids is 1. The van der Waals surface area contributed by atoms with E-state index < -0.39 is 0 Å². The highest BCUT2D eigenvalue weighted by Crippen LogP contribution is 2.34. The molecule has 0 bridgehead atoms. The Hall–Kier alpha value is -2.48. The van der Waals surface area contributed by atoms with Gasteiger partial charge in [-0.05, 0) is 13.0 Å². The Kier molecular flexibility index (Phi) is 2.46. The molecule has 5 heteroatoms. The highest BCUT2D eigenvalue weighted by molar-refractivity contribution is 5.87. The van der Waals surface area contributed by atoms with Crippen molar-refractivity contribution in [2.75, 3.05) is 13.6 Å². The third kappa shape index (κ3) is 1.57. The number of likely N-dealkylation sites (N-methyl/N-ethyl adjacent to an activating group) is 1. The van der Waals surface area contributed by atoms with Crippen molar-refractivity contribution in [3.05, 3.63) is 35.5 Å². The van der Waals surface area contributed by atoms with E-state index in [4.69, 9.17) is 5.26 Å². The molecule has 2 amide bonds. The molecule has 3 rings (SSSR count). The number of aryl methyl sites for hydroxylation is 1. The van der Waals surface area contributed by atoms with Gasteiger partial charge in [0, 0.05) is 29.2 Å². The molecule has 96 valence electrons. The second kappa shape index (κ2) is 4.02. The minimum absolute atomic E-state index is 0.0803. The van der Waals surface area contributed by atoms with Crippen LogP contribution in [0.25, 0.3) is 10.9 Å². The monoisotopic (exact) mass is 254 g/mol. The van der Waals surface area contributed by atoms with Gasteiger partial charge in [-0.3, -0.25) is 0 Å². The van der Waals surface area contributed by atoms with Crippen LogP contribution in [0.5, 0.6) is 0 Å². The highest BCUT2D eigenvalue weighted by Gasteiger charge is 2.37. The number of hydrogen-bond donors (Lipinski definition) is 1. The number of hydrogen-bond acceptors (Lipinski definition) is 2. The number of rotatable bonds is 1. The van der Waals surface area contributed by atoms with Crippen molar-refractivity contribution in [3.8, 4) is 6.19 Å². The second-order valence-corrected chi connectivity index (χ2v) is 4.83.